The van der Waals surface area contributed by atoms with Crippen LogP contribution in [0.5, 0.6) is 0 Å². The quantitative estimate of drug-likeness (QED) is 0.577. The Labute approximate surface area is 144 Å². The highest BCUT2D eigenvalue weighted by Crippen LogP contribution is 2.43. The second-order valence-corrected chi connectivity index (χ2v) is 5.79. The molecule has 4 nitrogen and oxygen atoms in total. The third-order valence-corrected chi connectivity index (χ3v) is 4.16. The molecule has 0 aromatic heterocycles. The van der Waals surface area contributed by atoms with Gasteiger partial charge in [0.2, 0.25) is 0 Å². The molecular formula is C18H21F3N2O2. The predicted molar refractivity (Wildman–Crippen MR) is 89.7 cm³/mol. The van der Waals surface area contributed by atoms with Crippen molar-refractivity contribution in [2.75, 3.05) is 18.9 Å². The molecule has 0 saturated carbocycles. The highest BCUT2D eigenvalue weighted by molar-refractivity contribution is 5.44. The monoisotopic (exact) mass is 354 g/mol. The number of alkyl halides is 3. The summed E-state index contributed by atoms with van der Waals surface area (Å²) in [4.78, 5) is 0. The van der Waals surface area contributed by atoms with Crippen LogP contribution in [0.1, 0.15) is 23.6 Å². The minimum atomic E-state index is -4.72. The molecule has 5 N–H and O–H groups in total. The summed E-state index contributed by atoms with van der Waals surface area (Å²) in [5, 5.41) is 21.5. The van der Waals surface area contributed by atoms with Crippen molar-refractivity contribution in [1.82, 2.24) is 5.32 Å². The van der Waals surface area contributed by atoms with Gasteiger partial charge in [-0.2, -0.15) is 13.2 Å². The zero-order valence-corrected chi connectivity index (χ0v) is 13.5. The van der Waals surface area contributed by atoms with Crippen LogP contribution < -0.4 is 11.1 Å². The van der Waals surface area contributed by atoms with Gasteiger partial charge in [0.05, 0.1) is 12.6 Å². The second-order valence-electron chi connectivity index (χ2n) is 5.79. The molecule has 0 heterocycles. The lowest BCUT2D eigenvalue weighted by molar-refractivity contribution is -0.209. The first-order valence-corrected chi connectivity index (χ1v) is 7.81. The average Bonchev–Trinajstić information content (AvgIpc) is 2.58. The van der Waals surface area contributed by atoms with Crippen LogP contribution in [0.3, 0.4) is 0 Å². The zero-order valence-electron chi connectivity index (χ0n) is 13.5. The largest absolute Gasteiger partial charge is 0.410 e. The Bertz CT molecular complexity index is 680. The van der Waals surface area contributed by atoms with Crippen LogP contribution in [0.15, 0.2) is 54.6 Å². The van der Waals surface area contributed by atoms with Crippen molar-refractivity contribution in [3.05, 3.63) is 65.7 Å². The SMILES string of the molecule is Nc1cccc(C(CCO)(NC(CO)c2ccccc2)C(F)(F)F)c1. The molecule has 2 aromatic rings. The Morgan fingerprint density at radius 3 is 2.20 bits per heavy atom. The molecule has 0 spiro atoms. The van der Waals surface area contributed by atoms with Crippen molar-refractivity contribution in [3.8, 4) is 0 Å². The predicted octanol–water partition coefficient (Wildman–Crippen LogP) is 2.73. The fraction of sp³-hybridized carbons (Fsp3) is 0.333. The van der Waals surface area contributed by atoms with Crippen molar-refractivity contribution in [2.24, 2.45) is 0 Å². The summed E-state index contributed by atoms with van der Waals surface area (Å²) in [7, 11) is 0. The van der Waals surface area contributed by atoms with Crippen LogP contribution in [0.25, 0.3) is 0 Å². The molecule has 0 fully saturated rings. The maximum absolute atomic E-state index is 14.1. The minimum absolute atomic E-state index is 0.108. The van der Waals surface area contributed by atoms with Crippen LogP contribution in [0, 0.1) is 0 Å². The highest BCUT2D eigenvalue weighted by atomic mass is 19.4. The maximum Gasteiger partial charge on any atom is 0.410 e. The van der Waals surface area contributed by atoms with Crippen molar-refractivity contribution in [2.45, 2.75) is 24.2 Å². The first-order valence-electron chi connectivity index (χ1n) is 7.81. The molecule has 25 heavy (non-hydrogen) atoms. The first kappa shape index (κ1) is 19.2. The van der Waals surface area contributed by atoms with Gasteiger partial charge in [-0.3, -0.25) is 5.32 Å². The van der Waals surface area contributed by atoms with E-state index in [1.807, 2.05) is 0 Å². The molecule has 0 saturated heterocycles. The van der Waals surface area contributed by atoms with E-state index >= 15 is 0 Å². The van der Waals surface area contributed by atoms with Crippen LogP contribution >= 0.6 is 0 Å². The summed E-state index contributed by atoms with van der Waals surface area (Å²) in [5.41, 5.74) is 3.71. The van der Waals surface area contributed by atoms with Crippen molar-refractivity contribution in [1.29, 1.82) is 0 Å². The van der Waals surface area contributed by atoms with E-state index in [0.717, 1.165) is 0 Å². The van der Waals surface area contributed by atoms with E-state index in [2.05, 4.69) is 5.32 Å². The van der Waals surface area contributed by atoms with Crippen LogP contribution in [0.4, 0.5) is 18.9 Å². The molecule has 2 aromatic carbocycles. The maximum atomic E-state index is 14.1. The molecule has 0 radical (unpaired) electrons. The van der Waals surface area contributed by atoms with Gasteiger partial charge in [-0.1, -0.05) is 42.5 Å². The van der Waals surface area contributed by atoms with Gasteiger partial charge < -0.3 is 15.9 Å². The van der Waals surface area contributed by atoms with E-state index in [4.69, 9.17) is 5.73 Å². The second kappa shape index (κ2) is 7.86. The van der Waals surface area contributed by atoms with Crippen LogP contribution in [-0.2, 0) is 5.54 Å². The van der Waals surface area contributed by atoms with Gasteiger partial charge in [-0.25, -0.2) is 0 Å². The lowest BCUT2D eigenvalue weighted by atomic mass is 9.84. The van der Waals surface area contributed by atoms with E-state index in [1.165, 1.54) is 24.3 Å². The number of hydrogen-bond acceptors (Lipinski definition) is 4. The number of nitrogens with one attached hydrogen (secondary N) is 1. The van der Waals surface area contributed by atoms with Gasteiger partial charge in [-0.05, 0) is 23.3 Å². The summed E-state index contributed by atoms with van der Waals surface area (Å²) in [6.45, 7) is -1.22. The number of rotatable bonds is 7. The number of anilines is 1. The first-order chi connectivity index (χ1) is 11.8. The smallest absolute Gasteiger partial charge is 0.399 e. The molecule has 2 rings (SSSR count). The molecular weight excluding hydrogens is 333 g/mol. The molecule has 136 valence electrons. The average molecular weight is 354 g/mol. The molecule has 0 aliphatic rings. The number of halogens is 3. The highest BCUT2D eigenvalue weighted by Gasteiger charge is 2.56. The number of hydrogen-bond donors (Lipinski definition) is 4. The molecule has 0 amide bonds. The van der Waals surface area contributed by atoms with E-state index < -0.39 is 37.4 Å². The number of benzene rings is 2. The lowest BCUT2D eigenvalue weighted by Gasteiger charge is -2.40. The van der Waals surface area contributed by atoms with Gasteiger partial charge >= 0.3 is 6.18 Å². The van der Waals surface area contributed by atoms with E-state index in [9.17, 15) is 23.4 Å². The van der Waals surface area contributed by atoms with E-state index in [-0.39, 0.29) is 11.3 Å². The molecule has 7 heteroatoms. The third-order valence-electron chi connectivity index (χ3n) is 4.16. The third kappa shape index (κ3) is 4.12. The molecule has 2 unspecified atom stereocenters. The summed E-state index contributed by atoms with van der Waals surface area (Å²) in [5.74, 6) is 0. The van der Waals surface area contributed by atoms with Gasteiger partial charge in [0.1, 0.15) is 5.54 Å². The number of nitrogens with two attached hydrogens (primary N) is 1. The lowest BCUT2D eigenvalue weighted by Crippen LogP contribution is -2.56. The summed E-state index contributed by atoms with van der Waals surface area (Å²) in [6, 6.07) is 12.9. The number of nitrogen functional groups attached to an aromatic ring is 1. The van der Waals surface area contributed by atoms with Gasteiger partial charge in [0.15, 0.2) is 0 Å². The Hall–Kier alpha value is -2.09. The van der Waals surface area contributed by atoms with Gasteiger partial charge in [-0.15, -0.1) is 0 Å². The number of aliphatic hydroxyl groups excluding tert-OH is 2. The molecule has 2 atom stereocenters. The molecule has 0 aliphatic heterocycles. The van der Waals surface area contributed by atoms with E-state index in [1.54, 1.807) is 30.3 Å². The van der Waals surface area contributed by atoms with E-state index in [0.29, 0.717) is 5.56 Å². The Morgan fingerprint density at radius 2 is 1.68 bits per heavy atom. The Morgan fingerprint density at radius 1 is 1.00 bits per heavy atom. The molecule has 0 bridgehead atoms. The zero-order chi connectivity index (χ0) is 18.5. The van der Waals surface area contributed by atoms with Gasteiger partial charge in [0, 0.05) is 18.7 Å². The van der Waals surface area contributed by atoms with Crippen LogP contribution in [0.2, 0.25) is 0 Å². The fourth-order valence-electron chi connectivity index (χ4n) is 2.88. The Kier molecular flexibility index (Phi) is 6.05. The Balaban J connectivity index is 2.54. The van der Waals surface area contributed by atoms with Gasteiger partial charge in [0.25, 0.3) is 0 Å². The summed E-state index contributed by atoms with van der Waals surface area (Å²) in [6.07, 6.45) is -5.32. The minimum Gasteiger partial charge on any atom is -0.399 e. The summed E-state index contributed by atoms with van der Waals surface area (Å²) < 4.78 is 42.3. The van der Waals surface area contributed by atoms with Crippen molar-refractivity contribution >= 4 is 5.69 Å². The number of aliphatic hydroxyl groups is 2. The van der Waals surface area contributed by atoms with Crippen molar-refractivity contribution in [3.63, 3.8) is 0 Å². The van der Waals surface area contributed by atoms with Crippen LogP contribution in [-0.4, -0.2) is 29.6 Å². The fourth-order valence-corrected chi connectivity index (χ4v) is 2.88. The summed E-state index contributed by atoms with van der Waals surface area (Å²) >= 11 is 0. The van der Waals surface area contributed by atoms with Crippen molar-refractivity contribution < 1.29 is 23.4 Å². The topological polar surface area (TPSA) is 78.5 Å². The standard InChI is InChI=1S/C18H21F3N2O2/c19-18(20,21)17(9-10-24,14-7-4-8-15(22)11-14)23-16(12-25)13-5-2-1-3-6-13/h1-8,11,16,23-25H,9-10,12,22H2. The normalized spacial score (nSPS) is 15.6. The molecule has 0 aliphatic carbocycles.